The number of amides is 2. The Morgan fingerprint density at radius 3 is 2.26 bits per heavy atom. The van der Waals surface area contributed by atoms with E-state index in [1.165, 1.54) is 0 Å². The SMILES string of the molecule is O=C(O)CC12CCC(CC1)N2C(=O)C#CCNC(=O)OCC1c2ccccc2-c2ccccc21. The van der Waals surface area contributed by atoms with Gasteiger partial charge in [-0.3, -0.25) is 9.59 Å². The van der Waals surface area contributed by atoms with Gasteiger partial charge >= 0.3 is 12.1 Å². The maximum atomic E-state index is 12.7. The molecule has 7 heteroatoms. The number of aliphatic carboxylic acids is 1. The van der Waals surface area contributed by atoms with Gasteiger partial charge in [-0.1, -0.05) is 54.5 Å². The standard InChI is InChI=1S/C27H26N2O5/c30-24(29-18-11-13-27(29,14-12-18)16-25(31)32)10-5-15-28-26(33)34-17-23-21-8-3-1-6-19(21)20-7-2-4-9-22(20)23/h1-4,6-9,18,23H,11-17H2,(H,28,33)(H,31,32). The average molecular weight is 459 g/mol. The minimum atomic E-state index is -0.898. The number of carboxylic acids is 1. The summed E-state index contributed by atoms with van der Waals surface area (Å²) in [5, 5.41) is 11.8. The third-order valence-corrected chi connectivity index (χ3v) is 7.32. The van der Waals surface area contributed by atoms with Crippen molar-refractivity contribution in [3.8, 4) is 23.0 Å². The van der Waals surface area contributed by atoms with Crippen molar-refractivity contribution in [1.82, 2.24) is 10.2 Å². The first-order chi connectivity index (χ1) is 16.5. The Bertz CT molecular complexity index is 1160. The van der Waals surface area contributed by atoms with E-state index < -0.39 is 17.6 Å². The third-order valence-electron chi connectivity index (χ3n) is 7.32. The fourth-order valence-corrected chi connectivity index (χ4v) is 5.90. The van der Waals surface area contributed by atoms with Crippen molar-refractivity contribution in [2.75, 3.05) is 13.2 Å². The van der Waals surface area contributed by atoms with Gasteiger partial charge in [-0.05, 0) is 53.9 Å². The van der Waals surface area contributed by atoms with E-state index in [0.29, 0.717) is 12.8 Å². The minimum absolute atomic E-state index is 0.0210. The van der Waals surface area contributed by atoms with Crippen LogP contribution >= 0.6 is 0 Å². The first kappa shape index (κ1) is 22.0. The quantitative estimate of drug-likeness (QED) is 0.669. The average Bonchev–Trinajstić information content (AvgIpc) is 3.47. The molecule has 2 amide bonds. The summed E-state index contributed by atoms with van der Waals surface area (Å²) in [7, 11) is 0. The van der Waals surface area contributed by atoms with Crippen molar-refractivity contribution in [3.05, 3.63) is 59.7 Å². The van der Waals surface area contributed by atoms with E-state index >= 15 is 0 Å². The molecule has 1 aliphatic carbocycles. The molecule has 2 bridgehead atoms. The molecular weight excluding hydrogens is 432 g/mol. The van der Waals surface area contributed by atoms with Gasteiger partial charge in [-0.2, -0.15) is 0 Å². The summed E-state index contributed by atoms with van der Waals surface area (Å²) >= 11 is 0. The van der Waals surface area contributed by atoms with Gasteiger partial charge in [-0.15, -0.1) is 0 Å². The van der Waals surface area contributed by atoms with E-state index in [2.05, 4.69) is 41.4 Å². The number of nitrogens with one attached hydrogen (secondary N) is 1. The van der Waals surface area contributed by atoms with Crippen molar-refractivity contribution in [2.24, 2.45) is 0 Å². The number of hydrogen-bond donors (Lipinski definition) is 2. The molecule has 0 unspecified atom stereocenters. The Hall–Kier alpha value is -3.79. The van der Waals surface area contributed by atoms with Gasteiger partial charge in [0.15, 0.2) is 0 Å². The minimum Gasteiger partial charge on any atom is -0.481 e. The van der Waals surface area contributed by atoms with Crippen LogP contribution in [0.1, 0.15) is 49.1 Å². The number of hydrogen-bond acceptors (Lipinski definition) is 4. The van der Waals surface area contributed by atoms with Gasteiger partial charge in [0.05, 0.1) is 18.5 Å². The van der Waals surface area contributed by atoms with E-state index in [-0.39, 0.29) is 37.4 Å². The van der Waals surface area contributed by atoms with Gasteiger partial charge in [-0.25, -0.2) is 4.79 Å². The lowest BCUT2D eigenvalue weighted by atomic mass is 9.85. The molecule has 0 spiro atoms. The maximum Gasteiger partial charge on any atom is 0.407 e. The van der Waals surface area contributed by atoms with Crippen molar-refractivity contribution in [2.45, 2.75) is 49.6 Å². The highest BCUT2D eigenvalue weighted by Gasteiger charge is 2.54. The van der Waals surface area contributed by atoms with Crippen LogP contribution < -0.4 is 5.32 Å². The summed E-state index contributed by atoms with van der Waals surface area (Å²) in [4.78, 5) is 37.9. The monoisotopic (exact) mass is 458 g/mol. The van der Waals surface area contributed by atoms with E-state index in [1.807, 2.05) is 24.3 Å². The summed E-state index contributed by atoms with van der Waals surface area (Å²) in [5.74, 6) is 3.98. The molecule has 2 aliphatic heterocycles. The summed E-state index contributed by atoms with van der Waals surface area (Å²) in [6, 6.07) is 16.3. The van der Waals surface area contributed by atoms with Gasteiger partial charge in [0.2, 0.25) is 0 Å². The smallest absolute Gasteiger partial charge is 0.407 e. The molecule has 0 saturated carbocycles. The number of nitrogens with zero attached hydrogens (tertiary/aromatic N) is 1. The molecule has 7 nitrogen and oxygen atoms in total. The predicted octanol–water partition coefficient (Wildman–Crippen LogP) is 3.53. The molecule has 5 rings (SSSR count). The highest BCUT2D eigenvalue weighted by Crippen LogP contribution is 2.48. The number of carbonyl (C=O) groups excluding carboxylic acids is 2. The summed E-state index contributed by atoms with van der Waals surface area (Å²) in [6.07, 6.45) is 2.41. The first-order valence-electron chi connectivity index (χ1n) is 11.6. The Morgan fingerprint density at radius 2 is 1.65 bits per heavy atom. The van der Waals surface area contributed by atoms with Crippen LogP contribution in [0.2, 0.25) is 0 Å². The topological polar surface area (TPSA) is 95.9 Å². The molecule has 2 saturated heterocycles. The van der Waals surface area contributed by atoms with Crippen molar-refractivity contribution >= 4 is 18.0 Å². The highest BCUT2D eigenvalue weighted by atomic mass is 16.5. The van der Waals surface area contributed by atoms with Crippen molar-refractivity contribution in [1.29, 1.82) is 0 Å². The molecule has 2 aromatic carbocycles. The lowest BCUT2D eigenvalue weighted by Crippen LogP contribution is -2.46. The van der Waals surface area contributed by atoms with Gasteiger partial charge < -0.3 is 20.1 Å². The molecule has 3 aliphatic rings. The van der Waals surface area contributed by atoms with Crippen LogP contribution in [0.25, 0.3) is 11.1 Å². The number of rotatable bonds is 5. The number of carboxylic acid groups (broad SMARTS) is 1. The van der Waals surface area contributed by atoms with Gasteiger partial charge in [0, 0.05) is 12.0 Å². The van der Waals surface area contributed by atoms with E-state index in [4.69, 9.17) is 4.74 Å². The van der Waals surface area contributed by atoms with Crippen LogP contribution in [0.5, 0.6) is 0 Å². The number of benzene rings is 2. The lowest BCUT2D eigenvalue weighted by Gasteiger charge is -2.32. The second-order valence-electron chi connectivity index (χ2n) is 9.18. The van der Waals surface area contributed by atoms with Crippen LogP contribution in [-0.2, 0) is 14.3 Å². The van der Waals surface area contributed by atoms with Crippen molar-refractivity contribution in [3.63, 3.8) is 0 Å². The number of alkyl carbamates (subject to hydrolysis) is 1. The van der Waals surface area contributed by atoms with Crippen LogP contribution in [0.4, 0.5) is 4.79 Å². The molecule has 0 atom stereocenters. The first-order valence-corrected chi connectivity index (χ1v) is 11.6. The summed E-state index contributed by atoms with van der Waals surface area (Å²) < 4.78 is 5.47. The van der Waals surface area contributed by atoms with Gasteiger partial charge in [0.1, 0.15) is 6.61 Å². The Kier molecular flexibility index (Phi) is 5.74. The van der Waals surface area contributed by atoms with E-state index in [9.17, 15) is 19.5 Å². The number of ether oxygens (including phenoxy) is 1. The van der Waals surface area contributed by atoms with E-state index in [0.717, 1.165) is 35.1 Å². The lowest BCUT2D eigenvalue weighted by molar-refractivity contribution is -0.141. The van der Waals surface area contributed by atoms with Crippen LogP contribution in [0.3, 0.4) is 0 Å². The fourth-order valence-electron chi connectivity index (χ4n) is 5.90. The van der Waals surface area contributed by atoms with Crippen LogP contribution in [-0.4, -0.2) is 52.7 Å². The highest BCUT2D eigenvalue weighted by molar-refractivity contribution is 5.95. The third kappa shape index (κ3) is 3.90. The second-order valence-corrected chi connectivity index (χ2v) is 9.18. The molecule has 34 heavy (non-hydrogen) atoms. The normalized spacial score (nSPS) is 21.9. The molecule has 2 aromatic rings. The molecule has 0 radical (unpaired) electrons. The summed E-state index contributed by atoms with van der Waals surface area (Å²) in [6.45, 7) is 0.187. The Labute approximate surface area is 198 Å². The molecule has 2 fully saturated rings. The molecule has 2 heterocycles. The second kappa shape index (κ2) is 8.86. The van der Waals surface area contributed by atoms with E-state index in [1.54, 1.807) is 4.90 Å². The van der Waals surface area contributed by atoms with Gasteiger partial charge in [0.25, 0.3) is 5.91 Å². The zero-order valence-electron chi connectivity index (χ0n) is 18.8. The Balaban J connectivity index is 1.15. The zero-order valence-corrected chi connectivity index (χ0v) is 18.8. The Morgan fingerprint density at radius 1 is 1.03 bits per heavy atom. The maximum absolute atomic E-state index is 12.7. The molecule has 2 N–H and O–H groups in total. The summed E-state index contributed by atoms with van der Waals surface area (Å²) in [5.41, 5.74) is 3.98. The molecular formula is C27H26N2O5. The largest absolute Gasteiger partial charge is 0.481 e. The fraction of sp³-hybridized carbons (Fsp3) is 0.370. The number of carbonyl (C=O) groups is 3. The van der Waals surface area contributed by atoms with Crippen LogP contribution in [0, 0.1) is 11.8 Å². The van der Waals surface area contributed by atoms with Crippen LogP contribution in [0.15, 0.2) is 48.5 Å². The molecule has 0 aromatic heterocycles. The van der Waals surface area contributed by atoms with Crippen molar-refractivity contribution < 1.29 is 24.2 Å². The molecule has 174 valence electrons. The number of fused-ring (bicyclic) bond motifs is 5. The zero-order chi connectivity index (χ0) is 23.7. The predicted molar refractivity (Wildman–Crippen MR) is 125 cm³/mol.